The van der Waals surface area contributed by atoms with E-state index in [9.17, 15) is 14.0 Å². The molecule has 0 aromatic heterocycles. The number of nitrogens with zero attached hydrogens (tertiary/aromatic N) is 1. The molecule has 144 valence electrons. The molecule has 1 aliphatic rings. The number of carbonyl (C=O) groups excluding carboxylic acids is 2. The summed E-state index contributed by atoms with van der Waals surface area (Å²) in [5.74, 6) is -0.123. The zero-order valence-corrected chi connectivity index (χ0v) is 16.1. The monoisotopic (exact) mass is 384 g/mol. The van der Waals surface area contributed by atoms with E-state index in [1.807, 2.05) is 13.8 Å². The number of halogens is 1. The molecule has 26 heavy (non-hydrogen) atoms. The number of hydrogen-bond donors (Lipinski definition) is 1. The first-order valence-corrected chi connectivity index (χ1v) is 9.43. The molecule has 1 aromatic carbocycles. The van der Waals surface area contributed by atoms with Gasteiger partial charge in [-0.05, 0) is 26.0 Å². The Morgan fingerprint density at radius 2 is 2.04 bits per heavy atom. The number of methoxy groups -OCH3 is 1. The van der Waals surface area contributed by atoms with Crippen molar-refractivity contribution >= 4 is 23.6 Å². The van der Waals surface area contributed by atoms with Crippen LogP contribution in [0.5, 0.6) is 5.75 Å². The Kier molecular flexibility index (Phi) is 7.28. The second kappa shape index (κ2) is 9.23. The summed E-state index contributed by atoms with van der Waals surface area (Å²) in [5, 5.41) is 2.79. The van der Waals surface area contributed by atoms with E-state index in [2.05, 4.69) is 5.32 Å². The first kappa shape index (κ1) is 20.5. The van der Waals surface area contributed by atoms with Crippen LogP contribution in [0.4, 0.5) is 4.39 Å². The standard InChI is InChI=1S/C18H25FN2O4S/c1-18(2)17(23)20-14(12-26-18)16(22)21(8-10-24-3)9-11-25-15-7-5-4-6-13(15)19/h4-7,14H,8-12H2,1-3H3,(H,20,23). The summed E-state index contributed by atoms with van der Waals surface area (Å²) < 4.78 is 23.6. The van der Waals surface area contributed by atoms with E-state index >= 15 is 0 Å². The van der Waals surface area contributed by atoms with Crippen LogP contribution in [0.25, 0.3) is 0 Å². The number of rotatable bonds is 8. The lowest BCUT2D eigenvalue weighted by atomic mass is 10.1. The van der Waals surface area contributed by atoms with E-state index in [0.29, 0.717) is 18.9 Å². The molecule has 1 atom stereocenters. The quantitative estimate of drug-likeness (QED) is 0.739. The largest absolute Gasteiger partial charge is 0.489 e. The third-order valence-corrected chi connectivity index (χ3v) is 5.50. The predicted molar refractivity (Wildman–Crippen MR) is 98.8 cm³/mol. The lowest BCUT2D eigenvalue weighted by molar-refractivity contribution is -0.137. The molecular formula is C18H25FN2O4S. The van der Waals surface area contributed by atoms with E-state index in [1.54, 1.807) is 24.1 Å². The number of benzene rings is 1. The molecule has 2 rings (SSSR count). The molecule has 1 saturated heterocycles. The number of hydrogen-bond acceptors (Lipinski definition) is 5. The molecule has 0 saturated carbocycles. The zero-order valence-electron chi connectivity index (χ0n) is 15.3. The van der Waals surface area contributed by atoms with Crippen molar-refractivity contribution in [2.24, 2.45) is 0 Å². The van der Waals surface area contributed by atoms with Crippen LogP contribution in [0, 0.1) is 5.82 Å². The second-order valence-corrected chi connectivity index (χ2v) is 8.09. The van der Waals surface area contributed by atoms with Crippen LogP contribution >= 0.6 is 11.8 Å². The molecule has 1 unspecified atom stereocenters. The fraction of sp³-hybridized carbons (Fsp3) is 0.556. The van der Waals surface area contributed by atoms with E-state index < -0.39 is 16.6 Å². The van der Waals surface area contributed by atoms with Crippen molar-refractivity contribution < 1.29 is 23.5 Å². The average molecular weight is 384 g/mol. The van der Waals surface area contributed by atoms with Gasteiger partial charge in [0.25, 0.3) is 0 Å². The molecular weight excluding hydrogens is 359 g/mol. The van der Waals surface area contributed by atoms with Gasteiger partial charge in [0.2, 0.25) is 11.8 Å². The molecule has 1 heterocycles. The van der Waals surface area contributed by atoms with Gasteiger partial charge in [-0.3, -0.25) is 9.59 Å². The molecule has 0 aliphatic carbocycles. The third kappa shape index (κ3) is 5.35. The molecule has 8 heteroatoms. The summed E-state index contributed by atoms with van der Waals surface area (Å²) >= 11 is 1.46. The molecule has 1 fully saturated rings. The van der Waals surface area contributed by atoms with Gasteiger partial charge in [0.1, 0.15) is 12.6 Å². The van der Waals surface area contributed by atoms with E-state index in [4.69, 9.17) is 9.47 Å². The van der Waals surface area contributed by atoms with Crippen molar-refractivity contribution in [1.82, 2.24) is 10.2 Å². The highest BCUT2D eigenvalue weighted by Crippen LogP contribution is 2.29. The molecule has 2 amide bonds. The number of nitrogens with one attached hydrogen (secondary N) is 1. The van der Waals surface area contributed by atoms with Crippen LogP contribution in [0.1, 0.15) is 13.8 Å². The summed E-state index contributed by atoms with van der Waals surface area (Å²) in [6.45, 7) is 4.82. The predicted octanol–water partition coefficient (Wildman–Crippen LogP) is 1.69. The normalized spacial score (nSPS) is 18.9. The molecule has 0 bridgehead atoms. The number of amides is 2. The van der Waals surface area contributed by atoms with E-state index in [-0.39, 0.29) is 30.7 Å². The first-order chi connectivity index (χ1) is 12.3. The highest BCUT2D eigenvalue weighted by atomic mass is 32.2. The molecule has 0 radical (unpaired) electrons. The summed E-state index contributed by atoms with van der Waals surface area (Å²) in [6, 6.07) is 5.55. The fourth-order valence-electron chi connectivity index (χ4n) is 2.45. The topological polar surface area (TPSA) is 67.9 Å². The van der Waals surface area contributed by atoms with Crippen LogP contribution < -0.4 is 10.1 Å². The van der Waals surface area contributed by atoms with Crippen LogP contribution in [0.15, 0.2) is 24.3 Å². The lowest BCUT2D eigenvalue weighted by Crippen LogP contribution is -2.58. The van der Waals surface area contributed by atoms with Gasteiger partial charge in [0.05, 0.1) is 17.9 Å². The van der Waals surface area contributed by atoms with Crippen LogP contribution in [-0.4, -0.2) is 66.7 Å². The molecule has 1 aromatic rings. The number of para-hydroxylation sites is 1. The molecule has 0 spiro atoms. The van der Waals surface area contributed by atoms with Crippen molar-refractivity contribution in [2.45, 2.75) is 24.6 Å². The van der Waals surface area contributed by atoms with Gasteiger partial charge in [-0.25, -0.2) is 4.39 Å². The van der Waals surface area contributed by atoms with Crippen molar-refractivity contribution in [1.29, 1.82) is 0 Å². The summed E-state index contributed by atoms with van der Waals surface area (Å²) in [5.41, 5.74) is 0. The summed E-state index contributed by atoms with van der Waals surface area (Å²) in [7, 11) is 1.55. The van der Waals surface area contributed by atoms with Gasteiger partial charge < -0.3 is 19.7 Å². The van der Waals surface area contributed by atoms with E-state index in [1.165, 1.54) is 23.9 Å². The average Bonchev–Trinajstić information content (AvgIpc) is 2.61. The second-order valence-electron chi connectivity index (χ2n) is 6.44. The highest BCUT2D eigenvalue weighted by Gasteiger charge is 2.39. The smallest absolute Gasteiger partial charge is 0.246 e. The highest BCUT2D eigenvalue weighted by molar-refractivity contribution is 8.01. The zero-order chi connectivity index (χ0) is 19.2. The molecule has 1 aliphatic heterocycles. The van der Waals surface area contributed by atoms with Crippen molar-refractivity contribution in [3.8, 4) is 5.75 Å². The first-order valence-electron chi connectivity index (χ1n) is 8.45. The van der Waals surface area contributed by atoms with E-state index in [0.717, 1.165) is 0 Å². The van der Waals surface area contributed by atoms with Gasteiger partial charge in [-0.1, -0.05) is 12.1 Å². The van der Waals surface area contributed by atoms with Crippen molar-refractivity contribution in [3.05, 3.63) is 30.1 Å². The summed E-state index contributed by atoms with van der Waals surface area (Å²) in [6.07, 6.45) is 0. The van der Waals surface area contributed by atoms with Gasteiger partial charge >= 0.3 is 0 Å². The van der Waals surface area contributed by atoms with Gasteiger partial charge in [0, 0.05) is 19.4 Å². The van der Waals surface area contributed by atoms with Crippen molar-refractivity contribution in [2.75, 3.05) is 39.2 Å². The minimum absolute atomic E-state index is 0.148. The maximum Gasteiger partial charge on any atom is 0.246 e. The Morgan fingerprint density at radius 3 is 2.69 bits per heavy atom. The number of ether oxygens (including phenoxy) is 2. The lowest BCUT2D eigenvalue weighted by Gasteiger charge is -2.35. The van der Waals surface area contributed by atoms with Crippen LogP contribution in [0.3, 0.4) is 0 Å². The maximum atomic E-state index is 13.6. The van der Waals surface area contributed by atoms with Gasteiger partial charge in [-0.2, -0.15) is 0 Å². The Hall–Kier alpha value is -1.80. The number of thioether (sulfide) groups is 1. The maximum absolute atomic E-state index is 13.6. The third-order valence-electron chi connectivity index (χ3n) is 4.09. The van der Waals surface area contributed by atoms with Gasteiger partial charge in [-0.15, -0.1) is 11.8 Å². The Labute approximate surface area is 157 Å². The molecule has 6 nitrogen and oxygen atoms in total. The fourth-order valence-corrected chi connectivity index (χ4v) is 3.44. The Morgan fingerprint density at radius 1 is 1.35 bits per heavy atom. The minimum atomic E-state index is -0.578. The van der Waals surface area contributed by atoms with Crippen molar-refractivity contribution in [3.63, 3.8) is 0 Å². The minimum Gasteiger partial charge on any atom is -0.489 e. The molecule has 1 N–H and O–H groups in total. The number of carbonyl (C=O) groups is 2. The SMILES string of the molecule is COCCN(CCOc1ccccc1F)C(=O)C1CSC(C)(C)C(=O)N1. The Bertz CT molecular complexity index is 641. The summed E-state index contributed by atoms with van der Waals surface area (Å²) in [4.78, 5) is 26.5. The van der Waals surface area contributed by atoms with Gasteiger partial charge in [0.15, 0.2) is 11.6 Å². The Balaban J connectivity index is 1.94. The van der Waals surface area contributed by atoms with Crippen LogP contribution in [0.2, 0.25) is 0 Å². The van der Waals surface area contributed by atoms with Crippen LogP contribution in [-0.2, 0) is 14.3 Å².